The van der Waals surface area contributed by atoms with Gasteiger partial charge in [0.2, 0.25) is 0 Å². The summed E-state index contributed by atoms with van der Waals surface area (Å²) in [5, 5.41) is 9.09. The largest absolute Gasteiger partial charge is 0.481 e. The molecule has 5 nitrogen and oxygen atoms in total. The van der Waals surface area contributed by atoms with E-state index in [1.807, 2.05) is 7.05 Å². The summed E-state index contributed by atoms with van der Waals surface area (Å²) >= 11 is 0. The van der Waals surface area contributed by atoms with Crippen LogP contribution >= 0.6 is 0 Å². The summed E-state index contributed by atoms with van der Waals surface area (Å²) in [5.74, 6) is -1.23. The van der Waals surface area contributed by atoms with Crippen LogP contribution in [0, 0.1) is 5.92 Å². The lowest BCUT2D eigenvalue weighted by Gasteiger charge is -2.33. The van der Waals surface area contributed by atoms with Crippen molar-refractivity contribution >= 4 is 12.7 Å². The molecule has 1 aliphatic carbocycles. The SMILES string of the molecule is C=NC1=C(N(C)CC2CCO2)CCC(C(=O)O)C=C1. The van der Waals surface area contributed by atoms with Gasteiger partial charge >= 0.3 is 5.97 Å². The summed E-state index contributed by atoms with van der Waals surface area (Å²) in [6.07, 6.45) is 6.13. The van der Waals surface area contributed by atoms with Gasteiger partial charge in [0.15, 0.2) is 0 Å². The first kappa shape index (κ1) is 13.8. The Morgan fingerprint density at radius 2 is 2.37 bits per heavy atom. The molecule has 104 valence electrons. The van der Waals surface area contributed by atoms with Gasteiger partial charge in [-0.1, -0.05) is 6.08 Å². The molecule has 19 heavy (non-hydrogen) atoms. The van der Waals surface area contributed by atoms with Gasteiger partial charge in [0.25, 0.3) is 0 Å². The Morgan fingerprint density at radius 3 is 2.89 bits per heavy atom. The smallest absolute Gasteiger partial charge is 0.310 e. The van der Waals surface area contributed by atoms with Gasteiger partial charge in [-0.25, -0.2) is 0 Å². The Labute approximate surface area is 113 Å². The molecule has 2 atom stereocenters. The molecular formula is C14H20N2O3. The summed E-state index contributed by atoms with van der Waals surface area (Å²) in [6.45, 7) is 5.24. The van der Waals surface area contributed by atoms with Gasteiger partial charge < -0.3 is 14.7 Å². The summed E-state index contributed by atoms with van der Waals surface area (Å²) in [7, 11) is 2.00. The molecule has 2 rings (SSSR count). The van der Waals surface area contributed by atoms with Crippen LogP contribution in [0.1, 0.15) is 19.3 Å². The van der Waals surface area contributed by atoms with Crippen molar-refractivity contribution in [3.63, 3.8) is 0 Å². The molecule has 5 heteroatoms. The van der Waals surface area contributed by atoms with Gasteiger partial charge in [0, 0.05) is 25.9 Å². The van der Waals surface area contributed by atoms with Crippen LogP contribution in [-0.4, -0.2) is 49.0 Å². The van der Waals surface area contributed by atoms with Crippen molar-refractivity contribution in [1.29, 1.82) is 0 Å². The van der Waals surface area contributed by atoms with Gasteiger partial charge in [0.05, 0.1) is 17.7 Å². The molecular weight excluding hydrogens is 244 g/mol. The lowest BCUT2D eigenvalue weighted by atomic mass is 10.0. The highest BCUT2D eigenvalue weighted by molar-refractivity contribution is 5.72. The number of allylic oxidation sites excluding steroid dienone is 2. The minimum absolute atomic E-state index is 0.283. The highest BCUT2D eigenvalue weighted by Gasteiger charge is 2.24. The number of aliphatic imine (C=N–C) groups is 1. The second-order valence-electron chi connectivity index (χ2n) is 4.99. The number of hydrogen-bond donors (Lipinski definition) is 1. The van der Waals surface area contributed by atoms with E-state index >= 15 is 0 Å². The third-order valence-corrected chi connectivity index (χ3v) is 3.69. The first-order chi connectivity index (χ1) is 9.11. The molecule has 1 fully saturated rings. The van der Waals surface area contributed by atoms with E-state index in [1.54, 1.807) is 12.2 Å². The maximum Gasteiger partial charge on any atom is 0.310 e. The number of hydrogen-bond acceptors (Lipinski definition) is 4. The number of nitrogens with zero attached hydrogens (tertiary/aromatic N) is 2. The van der Waals surface area contributed by atoms with Gasteiger partial charge in [-0.2, -0.15) is 0 Å². The average Bonchev–Trinajstić information content (AvgIpc) is 2.55. The fourth-order valence-electron chi connectivity index (χ4n) is 2.40. The zero-order valence-corrected chi connectivity index (χ0v) is 11.2. The normalized spacial score (nSPS) is 26.6. The van der Waals surface area contributed by atoms with Crippen LogP contribution in [0.2, 0.25) is 0 Å². The molecule has 0 amide bonds. The fourth-order valence-corrected chi connectivity index (χ4v) is 2.40. The van der Waals surface area contributed by atoms with Crippen molar-refractivity contribution in [2.75, 3.05) is 20.2 Å². The van der Waals surface area contributed by atoms with E-state index in [0.717, 1.165) is 31.0 Å². The molecule has 2 aliphatic rings. The number of rotatable bonds is 5. The number of carboxylic acid groups (broad SMARTS) is 1. The monoisotopic (exact) mass is 264 g/mol. The Hall–Kier alpha value is -1.62. The molecule has 0 saturated carbocycles. The van der Waals surface area contributed by atoms with Gasteiger partial charge in [-0.05, 0) is 32.1 Å². The first-order valence-electron chi connectivity index (χ1n) is 6.55. The highest BCUT2D eigenvalue weighted by Crippen LogP contribution is 2.26. The van der Waals surface area contributed by atoms with Crippen molar-refractivity contribution in [3.05, 3.63) is 23.5 Å². The van der Waals surface area contributed by atoms with E-state index in [2.05, 4.69) is 16.6 Å². The summed E-state index contributed by atoms with van der Waals surface area (Å²) in [6, 6.07) is 0. The van der Waals surface area contributed by atoms with Crippen molar-refractivity contribution < 1.29 is 14.6 Å². The van der Waals surface area contributed by atoms with Gasteiger partial charge in [0.1, 0.15) is 0 Å². The minimum Gasteiger partial charge on any atom is -0.481 e. The Morgan fingerprint density at radius 1 is 1.63 bits per heavy atom. The highest BCUT2D eigenvalue weighted by atomic mass is 16.5. The third kappa shape index (κ3) is 3.23. The van der Waals surface area contributed by atoms with Crippen LogP contribution in [0.15, 0.2) is 28.5 Å². The van der Waals surface area contributed by atoms with Crippen LogP contribution in [-0.2, 0) is 9.53 Å². The fraction of sp³-hybridized carbons (Fsp3) is 0.571. The van der Waals surface area contributed by atoms with Crippen molar-refractivity contribution in [2.24, 2.45) is 10.9 Å². The molecule has 0 bridgehead atoms. The number of aliphatic carboxylic acids is 1. The van der Waals surface area contributed by atoms with Crippen molar-refractivity contribution in [1.82, 2.24) is 4.90 Å². The molecule has 1 heterocycles. The van der Waals surface area contributed by atoms with E-state index in [-0.39, 0.29) is 6.10 Å². The predicted molar refractivity (Wildman–Crippen MR) is 73.1 cm³/mol. The first-order valence-corrected chi connectivity index (χ1v) is 6.55. The van der Waals surface area contributed by atoms with Crippen LogP contribution in [0.3, 0.4) is 0 Å². The Bertz CT molecular complexity index is 424. The van der Waals surface area contributed by atoms with Crippen LogP contribution in [0.25, 0.3) is 0 Å². The summed E-state index contributed by atoms with van der Waals surface area (Å²) in [5.41, 5.74) is 1.82. The molecule has 0 spiro atoms. The topological polar surface area (TPSA) is 62.1 Å². The van der Waals surface area contributed by atoms with E-state index in [9.17, 15) is 4.79 Å². The number of carboxylic acids is 1. The van der Waals surface area contributed by atoms with E-state index in [0.29, 0.717) is 12.8 Å². The van der Waals surface area contributed by atoms with Crippen LogP contribution in [0.4, 0.5) is 0 Å². The number of carbonyl (C=O) groups is 1. The van der Waals surface area contributed by atoms with E-state index < -0.39 is 11.9 Å². The van der Waals surface area contributed by atoms with Gasteiger partial charge in [-0.15, -0.1) is 0 Å². The third-order valence-electron chi connectivity index (χ3n) is 3.69. The molecule has 1 saturated heterocycles. The zero-order chi connectivity index (χ0) is 13.8. The summed E-state index contributed by atoms with van der Waals surface area (Å²) in [4.78, 5) is 17.2. The Kier molecular flexibility index (Phi) is 4.37. The van der Waals surface area contributed by atoms with E-state index in [4.69, 9.17) is 9.84 Å². The molecule has 0 aromatic carbocycles. The second-order valence-corrected chi connectivity index (χ2v) is 4.99. The predicted octanol–water partition coefficient (Wildman–Crippen LogP) is 1.67. The minimum atomic E-state index is -0.786. The van der Waals surface area contributed by atoms with Crippen LogP contribution < -0.4 is 0 Å². The molecule has 1 N–H and O–H groups in total. The maximum atomic E-state index is 11.1. The molecule has 2 unspecified atom stereocenters. The van der Waals surface area contributed by atoms with Crippen molar-refractivity contribution in [3.8, 4) is 0 Å². The average molecular weight is 264 g/mol. The standard InChI is InChI=1S/C14H20N2O3/c1-15-12-5-3-10(14(17)18)4-6-13(12)16(2)9-11-7-8-19-11/h3,5,10-11H,1,4,6-9H2,2H3,(H,17,18). The number of ether oxygens (including phenoxy) is 1. The van der Waals surface area contributed by atoms with Gasteiger partial charge in [-0.3, -0.25) is 9.79 Å². The molecule has 0 radical (unpaired) electrons. The number of likely N-dealkylation sites (N-methyl/N-ethyl adjacent to an activating group) is 1. The Balaban J connectivity index is 2.08. The van der Waals surface area contributed by atoms with Crippen molar-refractivity contribution in [2.45, 2.75) is 25.4 Å². The van der Waals surface area contributed by atoms with Crippen LogP contribution in [0.5, 0.6) is 0 Å². The molecule has 1 aliphatic heterocycles. The second kappa shape index (κ2) is 6.02. The molecule has 0 aromatic heterocycles. The zero-order valence-electron chi connectivity index (χ0n) is 11.2. The summed E-state index contributed by atoms with van der Waals surface area (Å²) < 4.78 is 5.43. The maximum absolute atomic E-state index is 11.1. The lowest BCUT2D eigenvalue weighted by molar-refractivity contribution is -0.140. The lowest BCUT2D eigenvalue weighted by Crippen LogP contribution is -2.38. The quantitative estimate of drug-likeness (QED) is 0.767. The molecule has 0 aromatic rings. The van der Waals surface area contributed by atoms with E-state index in [1.165, 1.54) is 0 Å².